The summed E-state index contributed by atoms with van der Waals surface area (Å²) in [6.45, 7) is 5.62. The predicted octanol–water partition coefficient (Wildman–Crippen LogP) is 2.15. The van der Waals surface area contributed by atoms with Crippen LogP contribution in [0.5, 0.6) is 0 Å². The van der Waals surface area contributed by atoms with Crippen LogP contribution in [-0.4, -0.2) is 48.3 Å². The summed E-state index contributed by atoms with van der Waals surface area (Å²) in [4.78, 5) is 27.2. The first-order chi connectivity index (χ1) is 12.5. The summed E-state index contributed by atoms with van der Waals surface area (Å²) in [5.41, 5.74) is 0.921. The normalized spacial score (nSPS) is 18.0. The molecule has 0 N–H and O–H groups in total. The van der Waals surface area contributed by atoms with E-state index >= 15 is 0 Å². The maximum Gasteiger partial charge on any atom is 0.252 e. The molecule has 1 saturated heterocycles. The number of hydrogen-bond acceptors (Lipinski definition) is 7. The van der Waals surface area contributed by atoms with Gasteiger partial charge in [0.1, 0.15) is 17.1 Å². The summed E-state index contributed by atoms with van der Waals surface area (Å²) >= 11 is 1.57. The fourth-order valence-electron chi connectivity index (χ4n) is 3.45. The minimum Gasteiger partial charge on any atom is -0.300 e. The third-order valence-corrected chi connectivity index (χ3v) is 5.59. The molecule has 1 unspecified atom stereocenters. The van der Waals surface area contributed by atoms with E-state index in [1.165, 1.54) is 10.8 Å². The molecule has 7 nitrogen and oxygen atoms in total. The average Bonchev–Trinajstić information content (AvgIpc) is 3.30. The van der Waals surface area contributed by atoms with Crippen molar-refractivity contribution >= 4 is 22.9 Å². The number of aromatic nitrogens is 5. The number of likely N-dealkylation sites (tertiary alicyclic amines) is 1. The molecule has 26 heavy (non-hydrogen) atoms. The Morgan fingerprint density at radius 3 is 3.08 bits per heavy atom. The largest absolute Gasteiger partial charge is 0.300 e. The van der Waals surface area contributed by atoms with Crippen LogP contribution < -0.4 is 0 Å². The molecule has 0 saturated carbocycles. The molecule has 0 aromatic carbocycles. The van der Waals surface area contributed by atoms with Gasteiger partial charge in [-0.15, -0.1) is 11.3 Å². The van der Waals surface area contributed by atoms with Crippen LogP contribution in [0.1, 0.15) is 40.5 Å². The lowest BCUT2D eigenvalue weighted by Crippen LogP contribution is -2.20. The molecule has 4 rings (SSSR count). The van der Waals surface area contributed by atoms with Gasteiger partial charge in [-0.25, -0.2) is 14.4 Å². The standard InChI is InChI=1S/C17H19FN6OS/c1-10(25)5-14-19-6-13(26-14)8-23-4-3-12(7-23)16-15(18)11(2)22-17-20-9-21-24(16)17/h6,9,12H,3-5,7-8H2,1-2H3. The van der Waals surface area contributed by atoms with E-state index in [1.54, 1.807) is 25.2 Å². The van der Waals surface area contributed by atoms with E-state index in [9.17, 15) is 9.18 Å². The van der Waals surface area contributed by atoms with E-state index in [0.29, 0.717) is 23.6 Å². The summed E-state index contributed by atoms with van der Waals surface area (Å²) < 4.78 is 16.3. The Balaban J connectivity index is 1.51. The van der Waals surface area contributed by atoms with Gasteiger partial charge in [0.15, 0.2) is 5.82 Å². The highest BCUT2D eigenvalue weighted by atomic mass is 32.1. The van der Waals surface area contributed by atoms with Gasteiger partial charge in [0.05, 0.1) is 17.8 Å². The van der Waals surface area contributed by atoms with Crippen molar-refractivity contribution < 1.29 is 9.18 Å². The third kappa shape index (κ3) is 3.24. The van der Waals surface area contributed by atoms with Crippen molar-refractivity contribution in [3.8, 4) is 0 Å². The lowest BCUT2D eigenvalue weighted by Gasteiger charge is -2.16. The van der Waals surface area contributed by atoms with Gasteiger partial charge in [0.25, 0.3) is 5.78 Å². The Hall–Kier alpha value is -2.26. The number of hydrogen-bond donors (Lipinski definition) is 0. The zero-order chi connectivity index (χ0) is 18.3. The fraction of sp³-hybridized carbons (Fsp3) is 0.471. The minimum absolute atomic E-state index is 0.0468. The van der Waals surface area contributed by atoms with E-state index in [0.717, 1.165) is 35.9 Å². The molecular formula is C17H19FN6OS. The molecule has 0 aliphatic carbocycles. The number of rotatable bonds is 5. The van der Waals surface area contributed by atoms with Crippen molar-refractivity contribution in [1.82, 2.24) is 29.5 Å². The number of fused-ring (bicyclic) bond motifs is 1. The van der Waals surface area contributed by atoms with Crippen molar-refractivity contribution in [2.24, 2.45) is 0 Å². The van der Waals surface area contributed by atoms with Crippen LogP contribution in [0.3, 0.4) is 0 Å². The quantitative estimate of drug-likeness (QED) is 0.681. The number of ketones is 1. The zero-order valence-electron chi connectivity index (χ0n) is 14.6. The number of carbonyl (C=O) groups excluding carboxylic acids is 1. The SMILES string of the molecule is CC(=O)Cc1ncc(CN2CCC(c3c(F)c(C)nc4ncnn34)C2)s1. The maximum absolute atomic E-state index is 14.7. The van der Waals surface area contributed by atoms with Crippen molar-refractivity contribution in [2.45, 2.75) is 39.2 Å². The molecule has 3 aromatic heterocycles. The first-order valence-electron chi connectivity index (χ1n) is 8.52. The van der Waals surface area contributed by atoms with Crippen LogP contribution in [-0.2, 0) is 17.8 Å². The first kappa shape index (κ1) is 17.2. The van der Waals surface area contributed by atoms with Gasteiger partial charge in [-0.05, 0) is 26.8 Å². The van der Waals surface area contributed by atoms with Gasteiger partial charge in [-0.3, -0.25) is 9.69 Å². The molecule has 0 spiro atoms. The van der Waals surface area contributed by atoms with E-state index in [2.05, 4.69) is 25.0 Å². The van der Waals surface area contributed by atoms with Crippen LogP contribution in [0.15, 0.2) is 12.5 Å². The highest BCUT2D eigenvalue weighted by Crippen LogP contribution is 2.31. The van der Waals surface area contributed by atoms with Gasteiger partial charge in [-0.2, -0.15) is 14.6 Å². The van der Waals surface area contributed by atoms with Crippen LogP contribution >= 0.6 is 11.3 Å². The van der Waals surface area contributed by atoms with Gasteiger partial charge in [0, 0.05) is 30.1 Å². The molecule has 4 heterocycles. The number of aryl methyl sites for hydroxylation is 1. The Labute approximate surface area is 153 Å². The van der Waals surface area contributed by atoms with Gasteiger partial charge < -0.3 is 0 Å². The predicted molar refractivity (Wildman–Crippen MR) is 94.6 cm³/mol. The second-order valence-electron chi connectivity index (χ2n) is 6.69. The zero-order valence-corrected chi connectivity index (χ0v) is 15.5. The van der Waals surface area contributed by atoms with Gasteiger partial charge >= 0.3 is 0 Å². The second-order valence-corrected chi connectivity index (χ2v) is 7.89. The number of Topliss-reactive ketones (excluding diaryl/α,β-unsaturated/α-hetero) is 1. The van der Waals surface area contributed by atoms with Crippen LogP contribution in [0.25, 0.3) is 5.78 Å². The van der Waals surface area contributed by atoms with Crippen molar-refractivity contribution in [2.75, 3.05) is 13.1 Å². The summed E-state index contributed by atoms with van der Waals surface area (Å²) in [6, 6.07) is 0. The Morgan fingerprint density at radius 1 is 1.42 bits per heavy atom. The lowest BCUT2D eigenvalue weighted by molar-refractivity contribution is -0.116. The second kappa shape index (κ2) is 6.81. The smallest absolute Gasteiger partial charge is 0.252 e. The van der Waals surface area contributed by atoms with E-state index in [1.807, 2.05) is 6.20 Å². The summed E-state index contributed by atoms with van der Waals surface area (Å²) in [7, 11) is 0. The molecule has 1 fully saturated rings. The highest BCUT2D eigenvalue weighted by molar-refractivity contribution is 7.11. The lowest BCUT2D eigenvalue weighted by atomic mass is 10.0. The maximum atomic E-state index is 14.7. The van der Waals surface area contributed by atoms with Crippen LogP contribution in [0.2, 0.25) is 0 Å². The van der Waals surface area contributed by atoms with Gasteiger partial charge in [-0.1, -0.05) is 0 Å². The molecule has 0 amide bonds. The Bertz CT molecular complexity index is 967. The molecule has 0 radical (unpaired) electrons. The van der Waals surface area contributed by atoms with Crippen molar-refractivity contribution in [3.05, 3.63) is 39.6 Å². The average molecular weight is 374 g/mol. The molecule has 3 aromatic rings. The van der Waals surface area contributed by atoms with E-state index < -0.39 is 0 Å². The molecule has 1 aliphatic heterocycles. The molecular weight excluding hydrogens is 355 g/mol. The monoisotopic (exact) mass is 374 g/mol. The summed E-state index contributed by atoms with van der Waals surface area (Å²) in [5, 5.41) is 5.00. The van der Waals surface area contributed by atoms with Crippen molar-refractivity contribution in [3.63, 3.8) is 0 Å². The van der Waals surface area contributed by atoms with Gasteiger partial charge in [0.2, 0.25) is 0 Å². The number of nitrogens with zero attached hydrogens (tertiary/aromatic N) is 6. The van der Waals surface area contributed by atoms with Crippen LogP contribution in [0, 0.1) is 12.7 Å². The van der Waals surface area contributed by atoms with E-state index in [4.69, 9.17) is 0 Å². The molecule has 9 heteroatoms. The molecule has 136 valence electrons. The molecule has 1 aliphatic rings. The molecule has 1 atom stereocenters. The Morgan fingerprint density at radius 2 is 2.27 bits per heavy atom. The topological polar surface area (TPSA) is 76.3 Å². The van der Waals surface area contributed by atoms with E-state index in [-0.39, 0.29) is 17.5 Å². The number of carbonyl (C=O) groups is 1. The summed E-state index contributed by atoms with van der Waals surface area (Å²) in [5.74, 6) is 0.308. The first-order valence-corrected chi connectivity index (χ1v) is 9.34. The fourth-order valence-corrected chi connectivity index (χ4v) is 4.48. The van der Waals surface area contributed by atoms with Crippen molar-refractivity contribution in [1.29, 1.82) is 0 Å². The Kier molecular flexibility index (Phi) is 4.49. The molecule has 0 bridgehead atoms. The number of halogens is 1. The van der Waals surface area contributed by atoms with Crippen LogP contribution in [0.4, 0.5) is 4.39 Å². The minimum atomic E-state index is -0.295. The summed E-state index contributed by atoms with van der Waals surface area (Å²) in [6.07, 6.45) is 4.49. The highest BCUT2D eigenvalue weighted by Gasteiger charge is 2.30. The third-order valence-electron chi connectivity index (χ3n) is 4.61. The number of thiazole rings is 1.